The molecule has 2 rings (SSSR count). The zero-order valence-electron chi connectivity index (χ0n) is 11.4. The van der Waals surface area contributed by atoms with Crippen LogP contribution in [0.4, 0.5) is 0 Å². The lowest BCUT2D eigenvalue weighted by Crippen LogP contribution is -2.32. The smallest absolute Gasteiger partial charge is 0.250 e. The molecule has 1 aliphatic heterocycles. The largest absolute Gasteiger partial charge is 0.301 e. The van der Waals surface area contributed by atoms with Crippen molar-refractivity contribution in [2.75, 3.05) is 19.6 Å². The molecule has 0 saturated carbocycles. The number of rotatable bonds is 5. The molecule has 1 aromatic heterocycles. The number of hydrogen-bond donors (Lipinski definition) is 1. The molecule has 1 unspecified atom stereocenters. The molecule has 0 spiro atoms. The van der Waals surface area contributed by atoms with Crippen molar-refractivity contribution in [2.45, 2.75) is 30.5 Å². The van der Waals surface area contributed by atoms with Gasteiger partial charge in [-0.1, -0.05) is 11.6 Å². The van der Waals surface area contributed by atoms with Gasteiger partial charge in [0.05, 0.1) is 8.81 Å². The third-order valence-corrected chi connectivity index (χ3v) is 7.87. The summed E-state index contributed by atoms with van der Waals surface area (Å²) in [7, 11) is -3.45. The maximum Gasteiger partial charge on any atom is 0.250 e. The Morgan fingerprint density at radius 3 is 2.80 bits per heavy atom. The first-order chi connectivity index (χ1) is 9.29. The second kappa shape index (κ2) is 6.62. The van der Waals surface area contributed by atoms with E-state index >= 15 is 0 Å². The van der Waals surface area contributed by atoms with Crippen LogP contribution in [0.25, 0.3) is 0 Å². The fourth-order valence-electron chi connectivity index (χ4n) is 2.26. The van der Waals surface area contributed by atoms with Gasteiger partial charge in [-0.15, -0.1) is 11.3 Å². The molecule has 4 nitrogen and oxygen atoms in total. The highest BCUT2D eigenvalue weighted by molar-refractivity contribution is 9.11. The number of halogens is 2. The molecular formula is C12H18BrClN2O2S2. The van der Waals surface area contributed by atoms with Crippen molar-refractivity contribution in [3.8, 4) is 0 Å². The molecule has 0 aromatic carbocycles. The first-order valence-electron chi connectivity index (χ1n) is 6.48. The number of sulfonamides is 1. The van der Waals surface area contributed by atoms with Crippen LogP contribution < -0.4 is 4.72 Å². The zero-order valence-corrected chi connectivity index (χ0v) is 15.4. The van der Waals surface area contributed by atoms with Crippen LogP contribution in [0.3, 0.4) is 0 Å². The van der Waals surface area contributed by atoms with E-state index in [1.165, 1.54) is 6.07 Å². The second-order valence-corrected chi connectivity index (χ2v) is 10.1. The molecule has 8 heteroatoms. The van der Waals surface area contributed by atoms with E-state index in [2.05, 4.69) is 39.4 Å². The fraction of sp³-hybridized carbons (Fsp3) is 0.667. The molecule has 114 valence electrons. The van der Waals surface area contributed by atoms with E-state index in [1.54, 1.807) is 0 Å². The summed E-state index contributed by atoms with van der Waals surface area (Å²) in [6.45, 7) is 6.81. The van der Waals surface area contributed by atoms with Crippen molar-refractivity contribution >= 4 is 48.9 Å². The lowest BCUT2D eigenvalue weighted by molar-refractivity contribution is 0.265. The molecule has 0 radical (unpaired) electrons. The minimum atomic E-state index is -3.45. The number of nitrogens with one attached hydrogen (secondary N) is 1. The maximum absolute atomic E-state index is 12.2. The average Bonchev–Trinajstić information content (AvgIpc) is 2.95. The highest BCUT2D eigenvalue weighted by Gasteiger charge is 2.26. The van der Waals surface area contributed by atoms with E-state index in [4.69, 9.17) is 11.6 Å². The van der Waals surface area contributed by atoms with Crippen LogP contribution in [0.1, 0.15) is 20.3 Å². The van der Waals surface area contributed by atoms with Crippen LogP contribution >= 0.6 is 38.9 Å². The number of thiophene rings is 1. The van der Waals surface area contributed by atoms with Gasteiger partial charge in [0, 0.05) is 19.1 Å². The Morgan fingerprint density at radius 2 is 2.30 bits per heavy atom. The van der Waals surface area contributed by atoms with Crippen LogP contribution in [0, 0.1) is 5.92 Å². The van der Waals surface area contributed by atoms with E-state index in [0.717, 1.165) is 30.8 Å². The van der Waals surface area contributed by atoms with Crippen LogP contribution in [-0.2, 0) is 10.0 Å². The molecular weight excluding hydrogens is 384 g/mol. The van der Waals surface area contributed by atoms with Crippen molar-refractivity contribution in [3.63, 3.8) is 0 Å². The number of nitrogens with zero attached hydrogens (tertiary/aromatic N) is 1. The van der Waals surface area contributed by atoms with Gasteiger partial charge in [-0.3, -0.25) is 0 Å². The van der Waals surface area contributed by atoms with Gasteiger partial charge in [-0.2, -0.15) is 0 Å². The van der Waals surface area contributed by atoms with Crippen molar-refractivity contribution < 1.29 is 8.42 Å². The fourth-order valence-corrected chi connectivity index (χ4v) is 5.82. The standard InChI is InChI=1S/C12H18BrClN2O2S2/c1-8(2)16-4-3-9(7-16)6-15-20(17,18)11-5-10(14)12(13)19-11/h5,8-9,15H,3-4,6-7H2,1-2H3. The van der Waals surface area contributed by atoms with Gasteiger partial charge < -0.3 is 4.90 Å². The van der Waals surface area contributed by atoms with Gasteiger partial charge in [0.1, 0.15) is 4.21 Å². The van der Waals surface area contributed by atoms with Crippen molar-refractivity contribution in [3.05, 3.63) is 14.9 Å². The second-order valence-electron chi connectivity index (χ2n) is 5.28. The first kappa shape index (κ1) is 16.7. The van der Waals surface area contributed by atoms with Crippen LogP contribution in [-0.4, -0.2) is 39.0 Å². The molecule has 1 saturated heterocycles. The summed E-state index contributed by atoms with van der Waals surface area (Å²) in [4.78, 5) is 2.37. The SMILES string of the molecule is CC(C)N1CCC(CNS(=O)(=O)c2cc(Cl)c(Br)s2)C1. The zero-order chi connectivity index (χ0) is 14.9. The Balaban J connectivity index is 1.94. The van der Waals surface area contributed by atoms with E-state index in [-0.39, 0.29) is 4.21 Å². The normalized spacial score (nSPS) is 20.9. The maximum atomic E-state index is 12.2. The molecule has 0 amide bonds. The van der Waals surface area contributed by atoms with Gasteiger partial charge in [0.15, 0.2) is 0 Å². The molecule has 1 aromatic rings. The lowest BCUT2D eigenvalue weighted by atomic mass is 10.1. The lowest BCUT2D eigenvalue weighted by Gasteiger charge is -2.20. The Hall–Kier alpha value is 0.340. The summed E-state index contributed by atoms with van der Waals surface area (Å²) in [6.07, 6.45) is 1.04. The molecule has 1 N–H and O–H groups in total. The van der Waals surface area contributed by atoms with E-state index in [0.29, 0.717) is 27.3 Å². The summed E-state index contributed by atoms with van der Waals surface area (Å²) in [6, 6.07) is 2.00. The average molecular weight is 402 g/mol. The van der Waals surface area contributed by atoms with E-state index < -0.39 is 10.0 Å². The molecule has 2 heterocycles. The molecule has 20 heavy (non-hydrogen) atoms. The Labute approximate surface area is 137 Å². The summed E-state index contributed by atoms with van der Waals surface area (Å²) in [5.74, 6) is 0.381. The Kier molecular flexibility index (Phi) is 5.53. The predicted octanol–water partition coefficient (Wildman–Crippen LogP) is 3.17. The molecule has 0 aliphatic carbocycles. The topological polar surface area (TPSA) is 49.4 Å². The monoisotopic (exact) mass is 400 g/mol. The van der Waals surface area contributed by atoms with E-state index in [1.807, 2.05) is 0 Å². The van der Waals surface area contributed by atoms with Crippen LogP contribution in [0.2, 0.25) is 5.02 Å². The first-order valence-corrected chi connectivity index (χ1v) is 9.95. The minimum absolute atomic E-state index is 0.257. The van der Waals surface area contributed by atoms with Gasteiger partial charge >= 0.3 is 0 Å². The summed E-state index contributed by atoms with van der Waals surface area (Å²) in [5.41, 5.74) is 0. The van der Waals surface area contributed by atoms with Crippen molar-refractivity contribution in [1.29, 1.82) is 0 Å². The van der Waals surface area contributed by atoms with Crippen LogP contribution in [0.15, 0.2) is 14.1 Å². The van der Waals surface area contributed by atoms with Gasteiger partial charge in [0.25, 0.3) is 0 Å². The van der Waals surface area contributed by atoms with Gasteiger partial charge in [-0.25, -0.2) is 13.1 Å². The van der Waals surface area contributed by atoms with Gasteiger partial charge in [-0.05, 0) is 54.7 Å². The quantitative estimate of drug-likeness (QED) is 0.824. The minimum Gasteiger partial charge on any atom is -0.301 e. The molecule has 1 fully saturated rings. The summed E-state index contributed by atoms with van der Waals surface area (Å²) >= 11 is 10.3. The number of hydrogen-bond acceptors (Lipinski definition) is 4. The third kappa shape index (κ3) is 3.96. The van der Waals surface area contributed by atoms with Crippen molar-refractivity contribution in [1.82, 2.24) is 9.62 Å². The highest BCUT2D eigenvalue weighted by atomic mass is 79.9. The van der Waals surface area contributed by atoms with Crippen LogP contribution in [0.5, 0.6) is 0 Å². The molecule has 0 bridgehead atoms. The van der Waals surface area contributed by atoms with Gasteiger partial charge in [0.2, 0.25) is 10.0 Å². The summed E-state index contributed by atoms with van der Waals surface area (Å²) < 4.78 is 27.9. The highest BCUT2D eigenvalue weighted by Crippen LogP contribution is 2.34. The predicted molar refractivity (Wildman–Crippen MR) is 87.0 cm³/mol. The third-order valence-electron chi connectivity index (χ3n) is 3.50. The molecule has 1 aliphatic rings. The summed E-state index contributed by atoms with van der Waals surface area (Å²) in [5, 5.41) is 0.433. The van der Waals surface area contributed by atoms with E-state index in [9.17, 15) is 8.42 Å². The van der Waals surface area contributed by atoms with Crippen molar-refractivity contribution in [2.24, 2.45) is 5.92 Å². The Morgan fingerprint density at radius 1 is 1.60 bits per heavy atom. The molecule has 1 atom stereocenters. The number of likely N-dealkylation sites (tertiary alicyclic amines) is 1. The Bertz CT molecular complexity index is 555.